The van der Waals surface area contributed by atoms with Gasteiger partial charge >= 0.3 is 0 Å². The Morgan fingerprint density at radius 2 is 2.22 bits per heavy atom. The van der Waals surface area contributed by atoms with E-state index in [2.05, 4.69) is 0 Å². The Morgan fingerprint density at radius 1 is 1.56 bits per heavy atom. The summed E-state index contributed by atoms with van der Waals surface area (Å²) in [6, 6.07) is 0. The zero-order chi connectivity index (χ0) is 7.11. The molecule has 0 amide bonds. The molecular weight excluding hydrogens is 112 g/mol. The summed E-state index contributed by atoms with van der Waals surface area (Å²) in [5.74, 6) is 0. The number of rotatable bonds is 3. The van der Waals surface area contributed by atoms with Crippen LogP contribution in [0.25, 0.3) is 0 Å². The second-order valence-corrected chi connectivity index (χ2v) is 1.72. The predicted molar refractivity (Wildman–Crippen MR) is 39.3 cm³/mol. The maximum absolute atomic E-state index is 10.1. The van der Waals surface area contributed by atoms with E-state index in [-0.39, 0.29) is 0 Å². The normalized spacial score (nSPS) is 12.4. The van der Waals surface area contributed by atoms with Crippen LogP contribution in [0.2, 0.25) is 0 Å². The highest BCUT2D eigenvalue weighted by molar-refractivity contribution is 5.77. The van der Waals surface area contributed by atoms with E-state index in [1.165, 1.54) is 0 Å². The van der Waals surface area contributed by atoms with Crippen LogP contribution in [0.1, 0.15) is 20.3 Å². The molecule has 0 spiro atoms. The lowest BCUT2D eigenvalue weighted by molar-refractivity contribution is -0.104. The first-order chi connectivity index (χ1) is 4.35. The van der Waals surface area contributed by atoms with Gasteiger partial charge in [-0.25, -0.2) is 0 Å². The molecule has 0 aromatic heterocycles. The molecule has 0 aromatic carbocycles. The van der Waals surface area contributed by atoms with Gasteiger partial charge in [-0.15, -0.1) is 0 Å². The van der Waals surface area contributed by atoms with Gasteiger partial charge in [-0.05, 0) is 13.3 Å². The lowest BCUT2D eigenvalue weighted by Crippen LogP contribution is -1.75. The molecule has 0 radical (unpaired) electrons. The number of allylic oxidation sites excluding steroid dienone is 4. The highest BCUT2D eigenvalue weighted by Gasteiger charge is 1.81. The van der Waals surface area contributed by atoms with E-state index >= 15 is 0 Å². The average molecular weight is 124 g/mol. The molecule has 0 saturated heterocycles. The van der Waals surface area contributed by atoms with E-state index < -0.39 is 0 Å². The fourth-order valence-corrected chi connectivity index (χ4v) is 0.457. The lowest BCUT2D eigenvalue weighted by atomic mass is 10.2. The van der Waals surface area contributed by atoms with Crippen molar-refractivity contribution in [3.63, 3.8) is 0 Å². The SMILES string of the molecule is C/C=C(C=O)/C=C\CC. The molecule has 0 aliphatic carbocycles. The molecule has 0 aromatic rings. The van der Waals surface area contributed by atoms with E-state index in [1.807, 2.05) is 26.0 Å². The average Bonchev–Trinajstić information content (AvgIpc) is 1.91. The van der Waals surface area contributed by atoms with Gasteiger partial charge in [0.15, 0.2) is 0 Å². The van der Waals surface area contributed by atoms with Gasteiger partial charge in [0.2, 0.25) is 0 Å². The van der Waals surface area contributed by atoms with Gasteiger partial charge in [0, 0.05) is 5.57 Å². The molecule has 0 aliphatic heterocycles. The summed E-state index contributed by atoms with van der Waals surface area (Å²) in [6.07, 6.45) is 7.41. The number of carbonyl (C=O) groups excluding carboxylic acids is 1. The third kappa shape index (κ3) is 3.71. The van der Waals surface area contributed by atoms with Crippen LogP contribution < -0.4 is 0 Å². The molecule has 0 saturated carbocycles. The van der Waals surface area contributed by atoms with Gasteiger partial charge in [0.1, 0.15) is 6.29 Å². The topological polar surface area (TPSA) is 17.1 Å². The Hall–Kier alpha value is -0.850. The van der Waals surface area contributed by atoms with Crippen LogP contribution in [0.3, 0.4) is 0 Å². The molecular formula is C8H12O. The second-order valence-electron chi connectivity index (χ2n) is 1.72. The molecule has 0 fully saturated rings. The summed E-state index contributed by atoms with van der Waals surface area (Å²) in [5.41, 5.74) is 0.747. The smallest absolute Gasteiger partial charge is 0.149 e. The Balaban J connectivity index is 3.84. The monoisotopic (exact) mass is 124 g/mol. The van der Waals surface area contributed by atoms with Gasteiger partial charge < -0.3 is 0 Å². The van der Waals surface area contributed by atoms with Crippen molar-refractivity contribution < 1.29 is 4.79 Å². The van der Waals surface area contributed by atoms with Crippen molar-refractivity contribution in [1.29, 1.82) is 0 Å². The van der Waals surface area contributed by atoms with Crippen LogP contribution >= 0.6 is 0 Å². The largest absolute Gasteiger partial charge is 0.298 e. The minimum Gasteiger partial charge on any atom is -0.298 e. The molecule has 0 unspecified atom stereocenters. The fourth-order valence-electron chi connectivity index (χ4n) is 0.457. The minimum absolute atomic E-state index is 0.747. The molecule has 1 nitrogen and oxygen atoms in total. The van der Waals surface area contributed by atoms with Crippen molar-refractivity contribution in [2.45, 2.75) is 20.3 Å². The molecule has 0 heterocycles. The van der Waals surface area contributed by atoms with Crippen molar-refractivity contribution >= 4 is 6.29 Å². The molecule has 0 rings (SSSR count). The van der Waals surface area contributed by atoms with Gasteiger partial charge in [0.05, 0.1) is 0 Å². The summed E-state index contributed by atoms with van der Waals surface area (Å²) in [7, 11) is 0. The summed E-state index contributed by atoms with van der Waals surface area (Å²) in [6.45, 7) is 3.89. The second kappa shape index (κ2) is 5.29. The quantitative estimate of drug-likeness (QED) is 0.320. The molecule has 1 heteroatoms. The van der Waals surface area contributed by atoms with Gasteiger partial charge in [-0.2, -0.15) is 0 Å². The summed E-state index contributed by atoms with van der Waals surface area (Å²) in [4.78, 5) is 10.1. The van der Waals surface area contributed by atoms with Crippen LogP contribution in [0.15, 0.2) is 23.8 Å². The van der Waals surface area contributed by atoms with Crippen molar-refractivity contribution in [3.8, 4) is 0 Å². The molecule has 0 bridgehead atoms. The number of carbonyl (C=O) groups is 1. The Morgan fingerprint density at radius 3 is 2.56 bits per heavy atom. The fraction of sp³-hybridized carbons (Fsp3) is 0.375. The van der Waals surface area contributed by atoms with Gasteiger partial charge in [-0.1, -0.05) is 25.2 Å². The van der Waals surface area contributed by atoms with E-state index in [4.69, 9.17) is 0 Å². The van der Waals surface area contributed by atoms with Crippen LogP contribution in [-0.2, 0) is 4.79 Å². The Bertz CT molecular complexity index is 132. The minimum atomic E-state index is 0.747. The van der Waals surface area contributed by atoms with Crippen molar-refractivity contribution in [3.05, 3.63) is 23.8 Å². The van der Waals surface area contributed by atoms with E-state index in [9.17, 15) is 4.79 Å². The third-order valence-corrected chi connectivity index (χ3v) is 1.02. The lowest BCUT2D eigenvalue weighted by Gasteiger charge is -1.83. The first-order valence-corrected chi connectivity index (χ1v) is 3.13. The first-order valence-electron chi connectivity index (χ1n) is 3.13. The van der Waals surface area contributed by atoms with Crippen LogP contribution in [0.4, 0.5) is 0 Å². The van der Waals surface area contributed by atoms with Gasteiger partial charge in [0.25, 0.3) is 0 Å². The van der Waals surface area contributed by atoms with E-state index in [0.29, 0.717) is 0 Å². The van der Waals surface area contributed by atoms with Gasteiger partial charge in [-0.3, -0.25) is 4.79 Å². The number of aldehydes is 1. The first kappa shape index (κ1) is 8.15. The number of hydrogen-bond acceptors (Lipinski definition) is 1. The highest BCUT2D eigenvalue weighted by Crippen LogP contribution is 1.92. The van der Waals surface area contributed by atoms with Crippen molar-refractivity contribution in [1.82, 2.24) is 0 Å². The number of hydrogen-bond donors (Lipinski definition) is 0. The summed E-state index contributed by atoms with van der Waals surface area (Å²) < 4.78 is 0. The molecule has 0 N–H and O–H groups in total. The van der Waals surface area contributed by atoms with Crippen LogP contribution in [0, 0.1) is 0 Å². The van der Waals surface area contributed by atoms with E-state index in [0.717, 1.165) is 18.3 Å². The highest BCUT2D eigenvalue weighted by atomic mass is 16.1. The summed E-state index contributed by atoms with van der Waals surface area (Å²) >= 11 is 0. The molecule has 0 aliphatic rings. The zero-order valence-corrected chi connectivity index (χ0v) is 5.92. The Kier molecular flexibility index (Phi) is 4.79. The summed E-state index contributed by atoms with van der Waals surface area (Å²) in [5, 5.41) is 0. The van der Waals surface area contributed by atoms with E-state index in [1.54, 1.807) is 6.08 Å². The standard InChI is InChI=1S/C8H12O/c1-3-5-6-8(4-2)7-9/h4-7H,3H2,1-2H3/b6-5-,8-4-. The zero-order valence-electron chi connectivity index (χ0n) is 5.92. The van der Waals surface area contributed by atoms with Crippen molar-refractivity contribution in [2.75, 3.05) is 0 Å². The van der Waals surface area contributed by atoms with Crippen molar-refractivity contribution in [2.24, 2.45) is 0 Å². The predicted octanol–water partition coefficient (Wildman–Crippen LogP) is 2.10. The molecule has 9 heavy (non-hydrogen) atoms. The molecule has 50 valence electrons. The maximum atomic E-state index is 10.1. The molecule has 0 atom stereocenters. The maximum Gasteiger partial charge on any atom is 0.149 e. The van der Waals surface area contributed by atoms with Crippen LogP contribution in [0.5, 0.6) is 0 Å². The van der Waals surface area contributed by atoms with Crippen LogP contribution in [-0.4, -0.2) is 6.29 Å². The third-order valence-electron chi connectivity index (χ3n) is 1.02. The Labute approximate surface area is 56.1 Å².